The van der Waals surface area contributed by atoms with Gasteiger partial charge in [0.1, 0.15) is 0 Å². The van der Waals surface area contributed by atoms with Crippen molar-refractivity contribution >= 4 is 11.4 Å². The molecule has 0 aliphatic carbocycles. The second-order valence-electron chi connectivity index (χ2n) is 4.81. The molecule has 1 aromatic carbocycles. The fourth-order valence-electron chi connectivity index (χ4n) is 2.37. The van der Waals surface area contributed by atoms with Gasteiger partial charge in [0, 0.05) is 19.8 Å². The summed E-state index contributed by atoms with van der Waals surface area (Å²) in [5.74, 6) is 0.807. The predicted molar refractivity (Wildman–Crippen MR) is 72.2 cm³/mol. The van der Waals surface area contributed by atoms with Crippen LogP contribution in [0.4, 0.5) is 11.4 Å². The molecule has 1 fully saturated rings. The molecule has 17 heavy (non-hydrogen) atoms. The molecular formula is C14H22N2O. The fraction of sp³-hybridized carbons (Fsp3) is 0.571. The van der Waals surface area contributed by atoms with Gasteiger partial charge in [-0.3, -0.25) is 0 Å². The van der Waals surface area contributed by atoms with Crippen LogP contribution in [-0.4, -0.2) is 19.8 Å². The Balaban J connectivity index is 1.81. The molecule has 1 aromatic rings. The van der Waals surface area contributed by atoms with E-state index >= 15 is 0 Å². The summed E-state index contributed by atoms with van der Waals surface area (Å²) in [4.78, 5) is 0. The summed E-state index contributed by atoms with van der Waals surface area (Å²) < 4.78 is 5.36. The second-order valence-corrected chi connectivity index (χ2v) is 4.81. The average molecular weight is 234 g/mol. The number of ether oxygens (including phenoxy) is 1. The zero-order valence-corrected chi connectivity index (χ0v) is 10.5. The molecule has 1 saturated heterocycles. The first-order valence-electron chi connectivity index (χ1n) is 6.44. The van der Waals surface area contributed by atoms with E-state index in [0.717, 1.165) is 37.1 Å². The molecule has 1 heterocycles. The first-order chi connectivity index (χ1) is 8.27. The van der Waals surface area contributed by atoms with Crippen LogP contribution in [0.5, 0.6) is 0 Å². The number of nitrogens with one attached hydrogen (secondary N) is 1. The van der Waals surface area contributed by atoms with Gasteiger partial charge in [-0.1, -0.05) is 12.1 Å². The van der Waals surface area contributed by atoms with Gasteiger partial charge in [-0.15, -0.1) is 0 Å². The standard InChI is InChI=1S/C14H22N2O/c1-11-3-2-4-13(15)14(11)16-8-5-12-6-9-17-10-7-12/h2-4,12,16H,5-10,15H2,1H3. The number of hydrogen-bond donors (Lipinski definition) is 2. The molecule has 0 bridgehead atoms. The molecule has 3 N–H and O–H groups in total. The van der Waals surface area contributed by atoms with E-state index in [-0.39, 0.29) is 0 Å². The highest BCUT2D eigenvalue weighted by Gasteiger charge is 2.13. The lowest BCUT2D eigenvalue weighted by atomic mass is 9.96. The largest absolute Gasteiger partial charge is 0.397 e. The quantitative estimate of drug-likeness (QED) is 0.787. The van der Waals surface area contributed by atoms with Crippen LogP contribution in [0.15, 0.2) is 18.2 Å². The third kappa shape index (κ3) is 3.37. The number of rotatable bonds is 4. The fourth-order valence-corrected chi connectivity index (χ4v) is 2.37. The Labute approximate surface area is 103 Å². The van der Waals surface area contributed by atoms with Crippen molar-refractivity contribution in [1.29, 1.82) is 0 Å². The van der Waals surface area contributed by atoms with Crippen molar-refractivity contribution < 1.29 is 4.74 Å². The lowest BCUT2D eigenvalue weighted by Gasteiger charge is -2.22. The number of nitrogens with two attached hydrogens (primary N) is 1. The van der Waals surface area contributed by atoms with Gasteiger partial charge in [0.05, 0.1) is 11.4 Å². The Bertz CT molecular complexity index is 339. The van der Waals surface area contributed by atoms with Crippen molar-refractivity contribution in [2.45, 2.75) is 26.2 Å². The molecule has 0 aromatic heterocycles. The molecule has 94 valence electrons. The molecule has 0 unspecified atom stereocenters. The summed E-state index contributed by atoms with van der Waals surface area (Å²) in [6.45, 7) is 4.95. The number of hydrogen-bond acceptors (Lipinski definition) is 3. The minimum atomic E-state index is 0.807. The summed E-state index contributed by atoms with van der Waals surface area (Å²) in [5, 5.41) is 3.46. The van der Waals surface area contributed by atoms with E-state index < -0.39 is 0 Å². The molecule has 0 atom stereocenters. The Morgan fingerprint density at radius 3 is 2.82 bits per heavy atom. The van der Waals surface area contributed by atoms with Crippen molar-refractivity contribution in [3.8, 4) is 0 Å². The highest BCUT2D eigenvalue weighted by Crippen LogP contribution is 2.24. The van der Waals surface area contributed by atoms with Crippen LogP contribution in [-0.2, 0) is 4.74 Å². The lowest BCUT2D eigenvalue weighted by Crippen LogP contribution is -2.18. The molecular weight excluding hydrogens is 212 g/mol. The minimum Gasteiger partial charge on any atom is -0.397 e. The third-order valence-electron chi connectivity index (χ3n) is 3.50. The normalized spacial score (nSPS) is 17.0. The van der Waals surface area contributed by atoms with E-state index in [1.165, 1.54) is 24.8 Å². The van der Waals surface area contributed by atoms with Crippen LogP contribution < -0.4 is 11.1 Å². The number of aryl methyl sites for hydroxylation is 1. The van der Waals surface area contributed by atoms with Crippen LogP contribution in [0.2, 0.25) is 0 Å². The van der Waals surface area contributed by atoms with E-state index in [4.69, 9.17) is 10.5 Å². The topological polar surface area (TPSA) is 47.3 Å². The van der Waals surface area contributed by atoms with Gasteiger partial charge in [0.2, 0.25) is 0 Å². The first-order valence-corrected chi connectivity index (χ1v) is 6.44. The maximum Gasteiger partial charge on any atom is 0.0603 e. The maximum absolute atomic E-state index is 5.96. The molecule has 1 aliphatic heterocycles. The Morgan fingerprint density at radius 2 is 2.12 bits per heavy atom. The zero-order chi connectivity index (χ0) is 12.1. The molecule has 3 heteroatoms. The molecule has 0 spiro atoms. The molecule has 0 saturated carbocycles. The van der Waals surface area contributed by atoms with Gasteiger partial charge in [0.25, 0.3) is 0 Å². The molecule has 0 radical (unpaired) electrons. The van der Waals surface area contributed by atoms with Crippen LogP contribution in [0, 0.1) is 12.8 Å². The summed E-state index contributed by atoms with van der Waals surface area (Å²) >= 11 is 0. The summed E-state index contributed by atoms with van der Waals surface area (Å²) in [6, 6.07) is 6.03. The Morgan fingerprint density at radius 1 is 1.35 bits per heavy atom. The van der Waals surface area contributed by atoms with Crippen molar-refractivity contribution in [3.63, 3.8) is 0 Å². The number of benzene rings is 1. The molecule has 2 rings (SSSR count). The number of para-hydroxylation sites is 1. The number of nitrogen functional groups attached to an aromatic ring is 1. The van der Waals surface area contributed by atoms with Gasteiger partial charge < -0.3 is 15.8 Å². The average Bonchev–Trinajstić information content (AvgIpc) is 2.34. The van der Waals surface area contributed by atoms with Crippen LogP contribution in [0.1, 0.15) is 24.8 Å². The van der Waals surface area contributed by atoms with E-state index in [1.807, 2.05) is 12.1 Å². The Kier molecular flexibility index (Phi) is 4.26. The number of anilines is 2. The smallest absolute Gasteiger partial charge is 0.0603 e. The lowest BCUT2D eigenvalue weighted by molar-refractivity contribution is 0.0649. The zero-order valence-electron chi connectivity index (χ0n) is 10.5. The first kappa shape index (κ1) is 12.2. The van der Waals surface area contributed by atoms with Gasteiger partial charge in [-0.2, -0.15) is 0 Å². The molecule has 0 amide bonds. The van der Waals surface area contributed by atoms with E-state index in [1.54, 1.807) is 0 Å². The third-order valence-corrected chi connectivity index (χ3v) is 3.50. The molecule has 3 nitrogen and oxygen atoms in total. The van der Waals surface area contributed by atoms with Gasteiger partial charge in [-0.25, -0.2) is 0 Å². The highest BCUT2D eigenvalue weighted by atomic mass is 16.5. The van der Waals surface area contributed by atoms with Crippen molar-refractivity contribution in [2.24, 2.45) is 5.92 Å². The highest BCUT2D eigenvalue weighted by molar-refractivity contribution is 5.69. The summed E-state index contributed by atoms with van der Waals surface area (Å²) in [7, 11) is 0. The summed E-state index contributed by atoms with van der Waals surface area (Å²) in [6.07, 6.45) is 3.60. The van der Waals surface area contributed by atoms with E-state index in [2.05, 4.69) is 18.3 Å². The van der Waals surface area contributed by atoms with Crippen molar-refractivity contribution in [3.05, 3.63) is 23.8 Å². The van der Waals surface area contributed by atoms with E-state index in [9.17, 15) is 0 Å². The second kappa shape index (κ2) is 5.92. The minimum absolute atomic E-state index is 0.807. The monoisotopic (exact) mass is 234 g/mol. The van der Waals surface area contributed by atoms with Gasteiger partial charge >= 0.3 is 0 Å². The molecule has 1 aliphatic rings. The van der Waals surface area contributed by atoms with Crippen molar-refractivity contribution in [1.82, 2.24) is 0 Å². The van der Waals surface area contributed by atoms with E-state index in [0.29, 0.717) is 0 Å². The van der Waals surface area contributed by atoms with Gasteiger partial charge in [0.15, 0.2) is 0 Å². The van der Waals surface area contributed by atoms with Crippen LogP contribution >= 0.6 is 0 Å². The summed E-state index contributed by atoms with van der Waals surface area (Å²) in [5.41, 5.74) is 9.12. The Hall–Kier alpha value is -1.22. The van der Waals surface area contributed by atoms with Crippen LogP contribution in [0.25, 0.3) is 0 Å². The predicted octanol–water partition coefficient (Wildman–Crippen LogP) is 2.81. The van der Waals surface area contributed by atoms with Gasteiger partial charge in [-0.05, 0) is 43.7 Å². The SMILES string of the molecule is Cc1cccc(N)c1NCCC1CCOCC1. The van der Waals surface area contributed by atoms with Crippen LogP contribution in [0.3, 0.4) is 0 Å². The van der Waals surface area contributed by atoms with Crippen molar-refractivity contribution in [2.75, 3.05) is 30.8 Å². The maximum atomic E-state index is 5.96.